The van der Waals surface area contributed by atoms with Crippen molar-refractivity contribution in [3.63, 3.8) is 0 Å². The van der Waals surface area contributed by atoms with Crippen molar-refractivity contribution in [2.75, 3.05) is 13.1 Å². The van der Waals surface area contributed by atoms with Crippen molar-refractivity contribution in [3.05, 3.63) is 35.9 Å². The Morgan fingerprint density at radius 2 is 1.71 bits per heavy atom. The SMILES string of the molecule is CC(C)C[C@@H]1CN(Cc2ccccc2)[C@@H](CC(C)C)CN1. The molecule has 1 N–H and O–H groups in total. The van der Waals surface area contributed by atoms with E-state index in [-0.39, 0.29) is 0 Å². The third-order valence-electron chi connectivity index (χ3n) is 4.34. The average molecular weight is 288 g/mol. The van der Waals surface area contributed by atoms with Crippen molar-refractivity contribution in [2.45, 2.75) is 59.2 Å². The van der Waals surface area contributed by atoms with E-state index in [9.17, 15) is 0 Å². The van der Waals surface area contributed by atoms with E-state index < -0.39 is 0 Å². The number of nitrogens with zero attached hydrogens (tertiary/aromatic N) is 1. The molecule has 2 heteroatoms. The lowest BCUT2D eigenvalue weighted by molar-refractivity contribution is 0.0997. The first kappa shape index (κ1) is 16.5. The molecule has 1 aromatic carbocycles. The second-order valence-electron chi connectivity index (χ2n) is 7.43. The van der Waals surface area contributed by atoms with Gasteiger partial charge in [0.15, 0.2) is 0 Å². The summed E-state index contributed by atoms with van der Waals surface area (Å²) >= 11 is 0. The molecule has 118 valence electrons. The number of benzene rings is 1. The highest BCUT2D eigenvalue weighted by Gasteiger charge is 2.28. The molecule has 2 rings (SSSR count). The monoisotopic (exact) mass is 288 g/mol. The summed E-state index contributed by atoms with van der Waals surface area (Å²) in [5, 5.41) is 3.78. The molecule has 0 aliphatic carbocycles. The molecule has 0 radical (unpaired) electrons. The fourth-order valence-corrected chi connectivity index (χ4v) is 3.44. The Morgan fingerprint density at radius 1 is 1.05 bits per heavy atom. The smallest absolute Gasteiger partial charge is 0.0237 e. The van der Waals surface area contributed by atoms with E-state index >= 15 is 0 Å². The molecule has 0 aromatic heterocycles. The normalized spacial score (nSPS) is 23.9. The molecule has 0 bridgehead atoms. The summed E-state index contributed by atoms with van der Waals surface area (Å²) in [6, 6.07) is 12.2. The molecule has 1 aromatic rings. The first-order valence-corrected chi connectivity index (χ1v) is 8.56. The van der Waals surface area contributed by atoms with Gasteiger partial charge in [0.05, 0.1) is 0 Å². The van der Waals surface area contributed by atoms with Crippen molar-refractivity contribution in [1.82, 2.24) is 10.2 Å². The predicted molar refractivity (Wildman–Crippen MR) is 91.3 cm³/mol. The molecular formula is C19H32N2. The molecule has 21 heavy (non-hydrogen) atoms. The van der Waals surface area contributed by atoms with Gasteiger partial charge in [0.2, 0.25) is 0 Å². The van der Waals surface area contributed by atoms with Gasteiger partial charge in [-0.25, -0.2) is 0 Å². The van der Waals surface area contributed by atoms with Crippen LogP contribution in [0.2, 0.25) is 0 Å². The minimum absolute atomic E-state index is 0.650. The van der Waals surface area contributed by atoms with E-state index in [1.54, 1.807) is 0 Å². The van der Waals surface area contributed by atoms with Gasteiger partial charge in [-0.3, -0.25) is 4.90 Å². The fraction of sp³-hybridized carbons (Fsp3) is 0.684. The van der Waals surface area contributed by atoms with Gasteiger partial charge < -0.3 is 5.32 Å². The van der Waals surface area contributed by atoms with E-state index in [1.807, 2.05) is 0 Å². The molecule has 0 unspecified atom stereocenters. The van der Waals surface area contributed by atoms with E-state index in [0.29, 0.717) is 12.1 Å². The van der Waals surface area contributed by atoms with Crippen LogP contribution in [0.15, 0.2) is 30.3 Å². The average Bonchev–Trinajstić information content (AvgIpc) is 2.42. The van der Waals surface area contributed by atoms with Gasteiger partial charge in [-0.2, -0.15) is 0 Å². The van der Waals surface area contributed by atoms with Crippen LogP contribution in [0.3, 0.4) is 0 Å². The largest absolute Gasteiger partial charge is 0.311 e. The molecule has 2 atom stereocenters. The van der Waals surface area contributed by atoms with Crippen LogP contribution in [0.5, 0.6) is 0 Å². The summed E-state index contributed by atoms with van der Waals surface area (Å²) in [5.41, 5.74) is 1.44. The third kappa shape index (κ3) is 5.44. The minimum atomic E-state index is 0.650. The lowest BCUT2D eigenvalue weighted by Gasteiger charge is -2.42. The van der Waals surface area contributed by atoms with Crippen LogP contribution < -0.4 is 5.32 Å². The molecular weight excluding hydrogens is 256 g/mol. The van der Waals surface area contributed by atoms with E-state index in [4.69, 9.17) is 0 Å². The van der Waals surface area contributed by atoms with Gasteiger partial charge in [-0.15, -0.1) is 0 Å². The summed E-state index contributed by atoms with van der Waals surface area (Å²) in [6.07, 6.45) is 2.56. The molecule has 1 aliphatic rings. The highest BCUT2D eigenvalue weighted by atomic mass is 15.2. The topological polar surface area (TPSA) is 15.3 Å². The maximum Gasteiger partial charge on any atom is 0.0237 e. The molecule has 0 saturated carbocycles. The fourth-order valence-electron chi connectivity index (χ4n) is 3.44. The molecule has 1 heterocycles. The summed E-state index contributed by atoms with van der Waals surface area (Å²) in [4.78, 5) is 2.71. The van der Waals surface area contributed by atoms with Crippen LogP contribution in [-0.4, -0.2) is 30.1 Å². The standard InChI is InChI=1S/C19H32N2/c1-15(2)10-18-14-21(13-17-8-6-5-7-9-17)19(12-20-18)11-16(3)4/h5-9,15-16,18-20H,10-14H2,1-4H3/t18-,19+/m1/s1. The Hall–Kier alpha value is -0.860. The third-order valence-corrected chi connectivity index (χ3v) is 4.34. The van der Waals surface area contributed by atoms with Crippen LogP contribution in [0.1, 0.15) is 46.1 Å². The molecule has 0 spiro atoms. The quantitative estimate of drug-likeness (QED) is 0.853. The van der Waals surface area contributed by atoms with Crippen LogP contribution in [0.25, 0.3) is 0 Å². The second kappa shape index (κ2) is 7.95. The van der Waals surface area contributed by atoms with Crippen molar-refractivity contribution in [2.24, 2.45) is 11.8 Å². The first-order chi connectivity index (χ1) is 10.0. The van der Waals surface area contributed by atoms with Gasteiger partial charge in [0.1, 0.15) is 0 Å². The van der Waals surface area contributed by atoms with E-state index in [1.165, 1.54) is 24.9 Å². The van der Waals surface area contributed by atoms with Crippen LogP contribution >= 0.6 is 0 Å². The number of nitrogens with one attached hydrogen (secondary N) is 1. The highest BCUT2D eigenvalue weighted by molar-refractivity contribution is 5.15. The Kier molecular flexibility index (Phi) is 6.25. The molecule has 1 saturated heterocycles. The Morgan fingerprint density at radius 3 is 2.33 bits per heavy atom. The number of rotatable bonds is 6. The first-order valence-electron chi connectivity index (χ1n) is 8.56. The Labute approximate surface area is 130 Å². The van der Waals surface area contributed by atoms with Crippen LogP contribution in [0.4, 0.5) is 0 Å². The zero-order valence-electron chi connectivity index (χ0n) is 14.2. The summed E-state index contributed by atoms with van der Waals surface area (Å²) in [7, 11) is 0. The van der Waals surface area contributed by atoms with E-state index in [2.05, 4.69) is 68.2 Å². The summed E-state index contributed by atoms with van der Waals surface area (Å²) in [5.74, 6) is 1.53. The zero-order chi connectivity index (χ0) is 15.2. The van der Waals surface area contributed by atoms with Gasteiger partial charge in [-0.1, -0.05) is 58.0 Å². The van der Waals surface area contributed by atoms with Gasteiger partial charge in [-0.05, 0) is 30.2 Å². The van der Waals surface area contributed by atoms with Crippen LogP contribution in [0, 0.1) is 11.8 Å². The maximum absolute atomic E-state index is 3.78. The molecule has 1 fully saturated rings. The predicted octanol–water partition coefficient (Wildman–Crippen LogP) is 3.92. The number of hydrogen-bond donors (Lipinski definition) is 1. The second-order valence-corrected chi connectivity index (χ2v) is 7.43. The Bertz CT molecular complexity index is 399. The number of piperazine rings is 1. The van der Waals surface area contributed by atoms with Crippen molar-refractivity contribution >= 4 is 0 Å². The van der Waals surface area contributed by atoms with Gasteiger partial charge in [0.25, 0.3) is 0 Å². The molecule has 2 nitrogen and oxygen atoms in total. The van der Waals surface area contributed by atoms with Gasteiger partial charge >= 0.3 is 0 Å². The number of hydrogen-bond acceptors (Lipinski definition) is 2. The molecule has 1 aliphatic heterocycles. The summed E-state index contributed by atoms with van der Waals surface area (Å²) < 4.78 is 0. The lowest BCUT2D eigenvalue weighted by Crippen LogP contribution is -2.56. The van der Waals surface area contributed by atoms with Crippen molar-refractivity contribution in [1.29, 1.82) is 0 Å². The minimum Gasteiger partial charge on any atom is -0.311 e. The van der Waals surface area contributed by atoms with Gasteiger partial charge in [0, 0.05) is 31.7 Å². The maximum atomic E-state index is 3.78. The Balaban J connectivity index is 2.01. The lowest BCUT2D eigenvalue weighted by atomic mass is 9.95. The van der Waals surface area contributed by atoms with E-state index in [0.717, 1.165) is 24.9 Å². The van der Waals surface area contributed by atoms with Crippen molar-refractivity contribution in [3.8, 4) is 0 Å². The molecule has 0 amide bonds. The van der Waals surface area contributed by atoms with Crippen LogP contribution in [-0.2, 0) is 6.54 Å². The summed E-state index contributed by atoms with van der Waals surface area (Å²) in [6.45, 7) is 12.7. The highest BCUT2D eigenvalue weighted by Crippen LogP contribution is 2.20. The van der Waals surface area contributed by atoms with Crippen molar-refractivity contribution < 1.29 is 0 Å². The zero-order valence-corrected chi connectivity index (χ0v) is 14.2.